The largest absolute Gasteiger partial charge is 0.398 e. The van der Waals surface area contributed by atoms with Crippen molar-refractivity contribution in [3.8, 4) is 24.7 Å². The van der Waals surface area contributed by atoms with Gasteiger partial charge in [-0.2, -0.15) is 0 Å². The van der Waals surface area contributed by atoms with Crippen molar-refractivity contribution in [3.63, 3.8) is 0 Å². The van der Waals surface area contributed by atoms with Crippen LogP contribution in [0.1, 0.15) is 37.3 Å². The van der Waals surface area contributed by atoms with Crippen LogP contribution in [0.25, 0.3) is 0 Å². The summed E-state index contributed by atoms with van der Waals surface area (Å²) < 4.78 is 0. The highest BCUT2D eigenvalue weighted by Crippen LogP contribution is 2.22. The topological polar surface area (TPSA) is 38.0 Å². The Balaban J connectivity index is 2.83. The van der Waals surface area contributed by atoms with Gasteiger partial charge in [0, 0.05) is 23.4 Å². The maximum Gasteiger partial charge on any atom is 0.0513 e. The van der Waals surface area contributed by atoms with Gasteiger partial charge in [-0.1, -0.05) is 31.6 Å². The molecule has 3 N–H and O–H groups in total. The third-order valence-corrected chi connectivity index (χ3v) is 2.60. The van der Waals surface area contributed by atoms with Crippen molar-refractivity contribution in [2.75, 3.05) is 17.6 Å². The van der Waals surface area contributed by atoms with Crippen LogP contribution in [0.4, 0.5) is 11.4 Å². The van der Waals surface area contributed by atoms with Gasteiger partial charge in [0.2, 0.25) is 0 Å². The van der Waals surface area contributed by atoms with Crippen molar-refractivity contribution in [2.45, 2.75) is 26.2 Å². The third kappa shape index (κ3) is 3.47. The first kappa shape index (κ1) is 13.0. The number of anilines is 2. The summed E-state index contributed by atoms with van der Waals surface area (Å²) in [5, 5.41) is 3.31. The van der Waals surface area contributed by atoms with E-state index in [0.717, 1.165) is 24.2 Å². The van der Waals surface area contributed by atoms with Gasteiger partial charge in [0.15, 0.2) is 0 Å². The molecular weight excluding hydrogens is 208 g/mol. The standard InChI is InChI=1S/C15H18N2/c1-4-7-8-9-17-15-11-12(5-2)14(16)10-13(15)6-3/h2-3,10-11,17H,4,7-9,16H2,1H3. The lowest BCUT2D eigenvalue weighted by atomic mass is 10.1. The summed E-state index contributed by atoms with van der Waals surface area (Å²) >= 11 is 0. The normalized spacial score (nSPS) is 9.35. The molecule has 17 heavy (non-hydrogen) atoms. The molecular formula is C15H18N2. The van der Waals surface area contributed by atoms with Crippen LogP contribution < -0.4 is 11.1 Å². The fourth-order valence-corrected chi connectivity index (χ4v) is 1.61. The average molecular weight is 226 g/mol. The van der Waals surface area contributed by atoms with Gasteiger partial charge in [0.05, 0.1) is 5.69 Å². The van der Waals surface area contributed by atoms with Gasteiger partial charge in [0.25, 0.3) is 0 Å². The molecule has 0 saturated heterocycles. The van der Waals surface area contributed by atoms with E-state index in [4.69, 9.17) is 18.6 Å². The lowest BCUT2D eigenvalue weighted by molar-refractivity contribution is 0.743. The van der Waals surface area contributed by atoms with E-state index in [9.17, 15) is 0 Å². The number of hydrogen-bond acceptors (Lipinski definition) is 2. The van der Waals surface area contributed by atoms with E-state index < -0.39 is 0 Å². The number of benzene rings is 1. The molecule has 0 fully saturated rings. The van der Waals surface area contributed by atoms with Crippen LogP contribution in [0.2, 0.25) is 0 Å². The zero-order valence-electron chi connectivity index (χ0n) is 10.2. The number of hydrogen-bond donors (Lipinski definition) is 2. The van der Waals surface area contributed by atoms with Crippen molar-refractivity contribution in [3.05, 3.63) is 23.3 Å². The Morgan fingerprint density at radius 3 is 2.47 bits per heavy atom. The zero-order valence-corrected chi connectivity index (χ0v) is 10.2. The maximum absolute atomic E-state index is 5.79. The molecule has 0 aliphatic rings. The molecule has 0 saturated carbocycles. The number of rotatable bonds is 5. The summed E-state index contributed by atoms with van der Waals surface area (Å²) in [5.74, 6) is 5.17. The smallest absolute Gasteiger partial charge is 0.0513 e. The van der Waals surface area contributed by atoms with E-state index in [1.54, 1.807) is 6.07 Å². The molecule has 0 aliphatic heterocycles. The number of unbranched alkanes of at least 4 members (excludes halogenated alkanes) is 2. The monoisotopic (exact) mass is 226 g/mol. The van der Waals surface area contributed by atoms with Crippen LogP contribution in [0.3, 0.4) is 0 Å². The first-order chi connectivity index (χ1) is 8.22. The van der Waals surface area contributed by atoms with E-state index in [2.05, 4.69) is 24.1 Å². The molecule has 0 radical (unpaired) electrons. The Kier molecular flexibility index (Phi) is 4.98. The van der Waals surface area contributed by atoms with Crippen LogP contribution in [0, 0.1) is 24.7 Å². The van der Waals surface area contributed by atoms with Crippen LogP contribution >= 0.6 is 0 Å². The molecule has 0 atom stereocenters. The molecule has 1 aromatic rings. The SMILES string of the molecule is C#Cc1cc(NCCCCC)c(C#C)cc1N. The van der Waals surface area contributed by atoms with Crippen molar-refractivity contribution >= 4 is 11.4 Å². The van der Waals surface area contributed by atoms with Gasteiger partial charge in [-0.05, 0) is 18.6 Å². The molecule has 0 aliphatic carbocycles. The second kappa shape index (κ2) is 6.51. The summed E-state index contributed by atoms with van der Waals surface area (Å²) in [6.07, 6.45) is 14.3. The molecule has 0 bridgehead atoms. The average Bonchev–Trinajstić information content (AvgIpc) is 2.35. The molecule has 0 spiro atoms. The summed E-state index contributed by atoms with van der Waals surface area (Å²) in [5.41, 5.74) is 8.68. The van der Waals surface area contributed by atoms with Crippen molar-refractivity contribution in [2.24, 2.45) is 0 Å². The van der Waals surface area contributed by atoms with Gasteiger partial charge >= 0.3 is 0 Å². The molecule has 2 heteroatoms. The lowest BCUT2D eigenvalue weighted by Gasteiger charge is -2.10. The first-order valence-corrected chi connectivity index (χ1v) is 5.83. The molecule has 0 unspecified atom stereocenters. The molecule has 2 nitrogen and oxygen atoms in total. The van der Waals surface area contributed by atoms with Crippen molar-refractivity contribution < 1.29 is 0 Å². The van der Waals surface area contributed by atoms with Crippen LogP contribution in [0.5, 0.6) is 0 Å². The lowest BCUT2D eigenvalue weighted by Crippen LogP contribution is -2.04. The highest BCUT2D eigenvalue weighted by molar-refractivity contribution is 5.70. The van der Waals surface area contributed by atoms with Crippen molar-refractivity contribution in [1.29, 1.82) is 0 Å². The minimum Gasteiger partial charge on any atom is -0.398 e. The van der Waals surface area contributed by atoms with Gasteiger partial charge in [-0.3, -0.25) is 0 Å². The molecule has 0 heterocycles. The van der Waals surface area contributed by atoms with Gasteiger partial charge < -0.3 is 11.1 Å². The second-order valence-electron chi connectivity index (χ2n) is 3.91. The molecule has 88 valence electrons. The predicted octanol–water partition coefficient (Wildman–Crippen LogP) is 2.83. The summed E-state index contributed by atoms with van der Waals surface area (Å²) in [6.45, 7) is 3.07. The van der Waals surface area contributed by atoms with E-state index in [1.165, 1.54) is 12.8 Å². The predicted molar refractivity (Wildman–Crippen MR) is 74.7 cm³/mol. The highest BCUT2D eigenvalue weighted by atomic mass is 14.9. The van der Waals surface area contributed by atoms with E-state index in [0.29, 0.717) is 11.3 Å². The summed E-state index contributed by atoms with van der Waals surface area (Å²) in [7, 11) is 0. The number of terminal acetylenes is 2. The minimum atomic E-state index is 0.555. The first-order valence-electron chi connectivity index (χ1n) is 5.83. The van der Waals surface area contributed by atoms with Gasteiger partial charge in [-0.25, -0.2) is 0 Å². The van der Waals surface area contributed by atoms with Crippen molar-refractivity contribution in [1.82, 2.24) is 0 Å². The van der Waals surface area contributed by atoms with Gasteiger partial charge in [0.1, 0.15) is 0 Å². The molecule has 0 aromatic heterocycles. The second-order valence-corrected chi connectivity index (χ2v) is 3.91. The number of nitrogen functional groups attached to an aromatic ring is 1. The molecule has 1 rings (SSSR count). The fourth-order valence-electron chi connectivity index (χ4n) is 1.61. The highest BCUT2D eigenvalue weighted by Gasteiger charge is 2.04. The zero-order chi connectivity index (χ0) is 12.7. The van der Waals surface area contributed by atoms with Crippen LogP contribution in [-0.4, -0.2) is 6.54 Å². The Bertz CT molecular complexity index is 461. The molecule has 1 aromatic carbocycles. The van der Waals surface area contributed by atoms with E-state index in [1.807, 2.05) is 6.07 Å². The van der Waals surface area contributed by atoms with E-state index >= 15 is 0 Å². The maximum atomic E-state index is 5.79. The van der Waals surface area contributed by atoms with E-state index in [-0.39, 0.29) is 0 Å². The number of nitrogens with one attached hydrogen (secondary N) is 1. The fraction of sp³-hybridized carbons (Fsp3) is 0.333. The van der Waals surface area contributed by atoms with Crippen LogP contribution in [0.15, 0.2) is 12.1 Å². The third-order valence-electron chi connectivity index (χ3n) is 2.60. The summed E-state index contributed by atoms with van der Waals surface area (Å²) in [4.78, 5) is 0. The minimum absolute atomic E-state index is 0.555. The Morgan fingerprint density at radius 2 is 1.88 bits per heavy atom. The number of nitrogens with two attached hydrogens (primary N) is 1. The Labute approximate surface area is 104 Å². The van der Waals surface area contributed by atoms with Crippen LogP contribution in [-0.2, 0) is 0 Å². The van der Waals surface area contributed by atoms with Gasteiger partial charge in [-0.15, -0.1) is 12.8 Å². The quantitative estimate of drug-likeness (QED) is 0.460. The molecule has 0 amide bonds. The Hall–Kier alpha value is -2.06. The Morgan fingerprint density at radius 1 is 1.18 bits per heavy atom. The summed E-state index contributed by atoms with van der Waals surface area (Å²) in [6, 6.07) is 3.59.